The van der Waals surface area contributed by atoms with Gasteiger partial charge in [0.05, 0.1) is 0 Å². The second-order valence-electron chi connectivity index (χ2n) is 3.62. The Morgan fingerprint density at radius 2 is 1.44 bits per heavy atom. The van der Waals surface area contributed by atoms with Gasteiger partial charge in [0.1, 0.15) is 5.75 Å². The largest absolute Gasteiger partial charge is 0.508 e. The fraction of sp³-hybridized carbons (Fsp3) is 0.200. The summed E-state index contributed by atoms with van der Waals surface area (Å²) in [5.74, 6) is 0.322. The van der Waals surface area contributed by atoms with Gasteiger partial charge in [-0.1, -0.05) is 49.4 Å². The van der Waals surface area contributed by atoms with E-state index in [1.807, 2.05) is 6.07 Å². The van der Waals surface area contributed by atoms with Crippen LogP contribution in [0, 0.1) is 6.92 Å². The fourth-order valence-electron chi connectivity index (χ4n) is 1.43. The van der Waals surface area contributed by atoms with E-state index < -0.39 is 0 Å². The van der Waals surface area contributed by atoms with Crippen molar-refractivity contribution in [2.24, 2.45) is 0 Å². The first-order valence-corrected chi connectivity index (χ1v) is 5.52. The molecule has 0 aliphatic rings. The quantitative estimate of drug-likeness (QED) is 0.762. The molecule has 0 aliphatic carbocycles. The molecular weight excluding hydrogens is 196 g/mol. The number of benzene rings is 2. The fourth-order valence-corrected chi connectivity index (χ4v) is 1.43. The summed E-state index contributed by atoms with van der Waals surface area (Å²) in [6, 6.07) is 17.2. The molecular formula is C15H18O. The molecule has 0 spiro atoms. The second kappa shape index (κ2) is 6.67. The molecule has 2 aromatic rings. The molecule has 0 bridgehead atoms. The number of aryl methyl sites for hydroxylation is 2. The molecule has 0 atom stereocenters. The van der Waals surface area contributed by atoms with Gasteiger partial charge < -0.3 is 5.11 Å². The molecule has 1 nitrogen and oxygen atoms in total. The maximum atomic E-state index is 8.63. The van der Waals surface area contributed by atoms with Gasteiger partial charge in [0.25, 0.3) is 0 Å². The van der Waals surface area contributed by atoms with E-state index in [2.05, 4.69) is 38.1 Å². The van der Waals surface area contributed by atoms with Crippen LogP contribution in [0.1, 0.15) is 18.1 Å². The SMILES string of the molecule is CCc1ccccc1C.Oc1ccccc1. The topological polar surface area (TPSA) is 20.2 Å². The zero-order valence-corrected chi connectivity index (χ0v) is 9.85. The molecule has 0 fully saturated rings. The van der Waals surface area contributed by atoms with Crippen molar-refractivity contribution in [3.8, 4) is 5.75 Å². The smallest absolute Gasteiger partial charge is 0.115 e. The van der Waals surface area contributed by atoms with E-state index in [9.17, 15) is 0 Å². The molecule has 0 aromatic heterocycles. The van der Waals surface area contributed by atoms with Crippen LogP contribution in [-0.4, -0.2) is 5.11 Å². The molecule has 0 radical (unpaired) electrons. The van der Waals surface area contributed by atoms with Gasteiger partial charge >= 0.3 is 0 Å². The Morgan fingerprint density at radius 3 is 1.81 bits per heavy atom. The van der Waals surface area contributed by atoms with Gasteiger partial charge in [-0.3, -0.25) is 0 Å². The lowest BCUT2D eigenvalue weighted by molar-refractivity contribution is 0.475. The van der Waals surface area contributed by atoms with E-state index in [-0.39, 0.29) is 0 Å². The van der Waals surface area contributed by atoms with Crippen LogP contribution in [0.4, 0.5) is 0 Å². The molecule has 0 heterocycles. The molecule has 0 saturated heterocycles. The van der Waals surface area contributed by atoms with Crippen LogP contribution in [0.15, 0.2) is 54.6 Å². The maximum Gasteiger partial charge on any atom is 0.115 e. The Labute approximate surface area is 97.4 Å². The van der Waals surface area contributed by atoms with Crippen molar-refractivity contribution in [1.82, 2.24) is 0 Å². The Kier molecular flexibility index (Phi) is 5.13. The van der Waals surface area contributed by atoms with Crippen LogP contribution < -0.4 is 0 Å². The van der Waals surface area contributed by atoms with Crippen molar-refractivity contribution >= 4 is 0 Å². The summed E-state index contributed by atoms with van der Waals surface area (Å²) in [4.78, 5) is 0. The summed E-state index contributed by atoms with van der Waals surface area (Å²) in [6.07, 6.45) is 1.15. The van der Waals surface area contributed by atoms with Gasteiger partial charge in [-0.25, -0.2) is 0 Å². The molecule has 2 aromatic carbocycles. The third-order valence-corrected chi connectivity index (χ3v) is 2.40. The van der Waals surface area contributed by atoms with Crippen LogP contribution in [-0.2, 0) is 6.42 Å². The monoisotopic (exact) mass is 214 g/mol. The number of phenols is 1. The zero-order valence-electron chi connectivity index (χ0n) is 9.85. The number of hydrogen-bond acceptors (Lipinski definition) is 1. The van der Waals surface area contributed by atoms with Crippen LogP contribution in [0.25, 0.3) is 0 Å². The number of hydrogen-bond donors (Lipinski definition) is 1. The third-order valence-electron chi connectivity index (χ3n) is 2.40. The van der Waals surface area contributed by atoms with Crippen molar-refractivity contribution in [1.29, 1.82) is 0 Å². The second-order valence-corrected chi connectivity index (χ2v) is 3.62. The van der Waals surface area contributed by atoms with E-state index in [0.29, 0.717) is 5.75 Å². The van der Waals surface area contributed by atoms with Crippen molar-refractivity contribution in [2.75, 3.05) is 0 Å². The highest BCUT2D eigenvalue weighted by Crippen LogP contribution is 2.06. The van der Waals surface area contributed by atoms with Crippen LogP contribution in [0.5, 0.6) is 5.75 Å². The summed E-state index contributed by atoms with van der Waals surface area (Å²) in [5.41, 5.74) is 2.86. The van der Waals surface area contributed by atoms with Crippen LogP contribution in [0.3, 0.4) is 0 Å². The predicted molar refractivity (Wildman–Crippen MR) is 68.7 cm³/mol. The van der Waals surface area contributed by atoms with E-state index in [1.54, 1.807) is 24.3 Å². The molecule has 0 unspecified atom stereocenters. The van der Waals surface area contributed by atoms with Gasteiger partial charge in [0, 0.05) is 0 Å². The summed E-state index contributed by atoms with van der Waals surface area (Å²) < 4.78 is 0. The summed E-state index contributed by atoms with van der Waals surface area (Å²) >= 11 is 0. The third kappa shape index (κ3) is 4.18. The van der Waals surface area contributed by atoms with Gasteiger partial charge in [-0.15, -0.1) is 0 Å². The van der Waals surface area contributed by atoms with Crippen LogP contribution in [0.2, 0.25) is 0 Å². The van der Waals surface area contributed by atoms with Gasteiger partial charge in [0.2, 0.25) is 0 Å². The first kappa shape index (κ1) is 12.3. The molecule has 0 amide bonds. The normalized spacial score (nSPS) is 9.12. The lowest BCUT2D eigenvalue weighted by Gasteiger charge is -1.98. The van der Waals surface area contributed by atoms with E-state index in [4.69, 9.17) is 5.11 Å². The first-order valence-electron chi connectivity index (χ1n) is 5.52. The van der Waals surface area contributed by atoms with Crippen LogP contribution >= 0.6 is 0 Å². The molecule has 1 heteroatoms. The lowest BCUT2D eigenvalue weighted by Crippen LogP contribution is -1.82. The molecule has 1 N–H and O–H groups in total. The Hall–Kier alpha value is -1.76. The van der Waals surface area contributed by atoms with E-state index in [0.717, 1.165) is 6.42 Å². The molecule has 84 valence electrons. The number of para-hydroxylation sites is 1. The van der Waals surface area contributed by atoms with Crippen molar-refractivity contribution in [2.45, 2.75) is 20.3 Å². The van der Waals surface area contributed by atoms with Crippen molar-refractivity contribution in [3.63, 3.8) is 0 Å². The average Bonchev–Trinajstić information content (AvgIpc) is 2.31. The minimum absolute atomic E-state index is 0.322. The van der Waals surface area contributed by atoms with Gasteiger partial charge in [-0.05, 0) is 36.6 Å². The zero-order chi connectivity index (χ0) is 11.8. The maximum absolute atomic E-state index is 8.63. The van der Waals surface area contributed by atoms with Gasteiger partial charge in [-0.2, -0.15) is 0 Å². The highest BCUT2D eigenvalue weighted by Gasteiger charge is 1.89. The van der Waals surface area contributed by atoms with Crippen molar-refractivity contribution in [3.05, 3.63) is 65.7 Å². The average molecular weight is 214 g/mol. The molecule has 0 saturated carbocycles. The summed E-state index contributed by atoms with van der Waals surface area (Å²) in [7, 11) is 0. The van der Waals surface area contributed by atoms with E-state index >= 15 is 0 Å². The van der Waals surface area contributed by atoms with E-state index in [1.165, 1.54) is 11.1 Å². The van der Waals surface area contributed by atoms with Crippen molar-refractivity contribution < 1.29 is 5.11 Å². The highest BCUT2D eigenvalue weighted by molar-refractivity contribution is 5.25. The lowest BCUT2D eigenvalue weighted by atomic mass is 10.1. The molecule has 16 heavy (non-hydrogen) atoms. The number of phenolic OH excluding ortho intramolecular Hbond substituents is 1. The Bertz CT molecular complexity index is 407. The Balaban J connectivity index is 0.000000165. The minimum atomic E-state index is 0.322. The molecule has 2 rings (SSSR count). The first-order chi connectivity index (χ1) is 7.74. The summed E-state index contributed by atoms with van der Waals surface area (Å²) in [5, 5.41) is 8.63. The van der Waals surface area contributed by atoms with Gasteiger partial charge in [0.15, 0.2) is 0 Å². The minimum Gasteiger partial charge on any atom is -0.508 e. The predicted octanol–water partition coefficient (Wildman–Crippen LogP) is 3.95. The standard InChI is InChI=1S/C9H12.C6H6O/c1-3-9-7-5-4-6-8(9)2;7-6-4-2-1-3-5-6/h4-7H,3H2,1-2H3;1-5,7H. The molecule has 0 aliphatic heterocycles. The number of aromatic hydroxyl groups is 1. The Morgan fingerprint density at radius 1 is 0.875 bits per heavy atom. The highest BCUT2D eigenvalue weighted by atomic mass is 16.3. The summed E-state index contributed by atoms with van der Waals surface area (Å²) in [6.45, 7) is 4.33. The number of rotatable bonds is 1.